The number of hydrogen-bond acceptors (Lipinski definition) is 2. The normalized spacial score (nSPS) is 10.4. The lowest BCUT2D eigenvalue weighted by Gasteiger charge is -2.03. The molecular formula is C14H12O3. The minimum Gasteiger partial charge on any atom is -0.481 e. The van der Waals surface area contributed by atoms with Crippen LogP contribution < -0.4 is 0 Å². The van der Waals surface area contributed by atoms with Crippen LogP contribution in [-0.4, -0.2) is 16.9 Å². The van der Waals surface area contributed by atoms with Crippen molar-refractivity contribution in [3.8, 4) is 0 Å². The quantitative estimate of drug-likeness (QED) is 0.822. The molecule has 2 rings (SSSR count). The van der Waals surface area contributed by atoms with Gasteiger partial charge in [-0.05, 0) is 29.3 Å². The molecule has 17 heavy (non-hydrogen) atoms. The molecule has 3 heteroatoms. The molecule has 0 aromatic heterocycles. The summed E-state index contributed by atoms with van der Waals surface area (Å²) in [7, 11) is 0. The molecule has 3 nitrogen and oxygen atoms in total. The maximum Gasteiger partial charge on any atom is 0.307 e. The Labute approximate surface area is 98.7 Å². The molecule has 0 saturated heterocycles. The molecule has 0 spiro atoms. The van der Waals surface area contributed by atoms with E-state index in [-0.39, 0.29) is 12.2 Å². The van der Waals surface area contributed by atoms with Crippen LogP contribution in [0.3, 0.4) is 0 Å². The molecule has 2 aromatic rings. The molecule has 0 unspecified atom stereocenters. The number of benzene rings is 2. The largest absolute Gasteiger partial charge is 0.481 e. The van der Waals surface area contributed by atoms with Crippen LogP contribution in [-0.2, 0) is 11.2 Å². The first-order valence-corrected chi connectivity index (χ1v) is 5.32. The zero-order valence-electron chi connectivity index (χ0n) is 9.43. The van der Waals surface area contributed by atoms with E-state index in [0.29, 0.717) is 5.56 Å². The number of Topliss-reactive ketones (excluding diaryl/α,β-unsaturated/α-hetero) is 1. The van der Waals surface area contributed by atoms with Crippen LogP contribution in [0.5, 0.6) is 0 Å². The van der Waals surface area contributed by atoms with Crippen molar-refractivity contribution in [2.45, 2.75) is 13.3 Å². The second-order valence-corrected chi connectivity index (χ2v) is 4.02. The second-order valence-electron chi connectivity index (χ2n) is 4.02. The monoisotopic (exact) mass is 228 g/mol. The summed E-state index contributed by atoms with van der Waals surface area (Å²) in [5, 5.41) is 10.6. The first-order valence-electron chi connectivity index (χ1n) is 5.32. The summed E-state index contributed by atoms with van der Waals surface area (Å²) in [5.74, 6) is -0.814. The Hall–Kier alpha value is -2.16. The molecule has 1 N–H and O–H groups in total. The number of ketones is 1. The van der Waals surface area contributed by atoms with Gasteiger partial charge < -0.3 is 5.11 Å². The first kappa shape index (κ1) is 11.3. The number of carboxylic acids is 1. The van der Waals surface area contributed by atoms with Gasteiger partial charge in [0, 0.05) is 5.56 Å². The van der Waals surface area contributed by atoms with Crippen LogP contribution in [0, 0.1) is 0 Å². The van der Waals surface area contributed by atoms with Gasteiger partial charge in [-0.3, -0.25) is 9.59 Å². The Balaban J connectivity index is 2.46. The van der Waals surface area contributed by atoms with E-state index in [0.717, 1.165) is 16.3 Å². The number of aliphatic carboxylic acids is 1. The maximum absolute atomic E-state index is 11.2. The number of rotatable bonds is 3. The van der Waals surface area contributed by atoms with Crippen LogP contribution in [0.2, 0.25) is 0 Å². The number of carboxylic acid groups (broad SMARTS) is 1. The summed E-state index contributed by atoms with van der Waals surface area (Å²) >= 11 is 0. The van der Waals surface area contributed by atoms with Gasteiger partial charge in [0.25, 0.3) is 0 Å². The molecule has 0 radical (unpaired) electrons. The van der Waals surface area contributed by atoms with Crippen molar-refractivity contribution in [3.63, 3.8) is 0 Å². The summed E-state index contributed by atoms with van der Waals surface area (Å²) in [6.07, 6.45) is 0.0183. The van der Waals surface area contributed by atoms with Gasteiger partial charge in [-0.25, -0.2) is 0 Å². The smallest absolute Gasteiger partial charge is 0.307 e. The Bertz CT molecular complexity index is 599. The maximum atomic E-state index is 11.2. The molecule has 0 fully saturated rings. The van der Waals surface area contributed by atoms with E-state index in [1.165, 1.54) is 6.92 Å². The van der Waals surface area contributed by atoms with Crippen molar-refractivity contribution in [2.24, 2.45) is 0 Å². The van der Waals surface area contributed by atoms with Crippen LogP contribution in [0.15, 0.2) is 36.4 Å². The fourth-order valence-electron chi connectivity index (χ4n) is 1.80. The van der Waals surface area contributed by atoms with Crippen molar-refractivity contribution < 1.29 is 14.7 Å². The van der Waals surface area contributed by atoms with E-state index < -0.39 is 5.97 Å². The molecule has 0 aliphatic carbocycles. The zero-order chi connectivity index (χ0) is 12.4. The van der Waals surface area contributed by atoms with Gasteiger partial charge >= 0.3 is 5.97 Å². The van der Waals surface area contributed by atoms with Gasteiger partial charge in [0.05, 0.1) is 6.42 Å². The highest BCUT2D eigenvalue weighted by Crippen LogP contribution is 2.18. The molecular weight excluding hydrogens is 216 g/mol. The lowest BCUT2D eigenvalue weighted by molar-refractivity contribution is -0.136. The van der Waals surface area contributed by atoms with E-state index in [1.807, 2.05) is 24.3 Å². The van der Waals surface area contributed by atoms with E-state index >= 15 is 0 Å². The Morgan fingerprint density at radius 3 is 2.35 bits per heavy atom. The highest BCUT2D eigenvalue weighted by molar-refractivity contribution is 5.98. The molecule has 0 bridgehead atoms. The number of carbonyl (C=O) groups excluding carboxylic acids is 1. The van der Waals surface area contributed by atoms with Crippen molar-refractivity contribution in [3.05, 3.63) is 47.5 Å². The average molecular weight is 228 g/mol. The predicted octanol–water partition coefficient (Wildman–Crippen LogP) is 2.67. The van der Waals surface area contributed by atoms with Crippen molar-refractivity contribution >= 4 is 22.5 Å². The first-order chi connectivity index (χ1) is 8.06. The molecule has 0 saturated carbocycles. The van der Waals surface area contributed by atoms with E-state index in [4.69, 9.17) is 5.11 Å². The standard InChI is InChI=1S/C14H12O3/c1-9(15)11-4-5-12-6-10(7-14(16)17)2-3-13(12)8-11/h2-6,8H,7H2,1H3,(H,16,17). The third kappa shape index (κ3) is 2.50. The van der Waals surface area contributed by atoms with Gasteiger partial charge in [0.15, 0.2) is 5.78 Å². The summed E-state index contributed by atoms with van der Waals surface area (Å²) < 4.78 is 0. The van der Waals surface area contributed by atoms with E-state index in [9.17, 15) is 9.59 Å². The predicted molar refractivity (Wildman–Crippen MR) is 65.3 cm³/mol. The van der Waals surface area contributed by atoms with Crippen LogP contribution in [0.25, 0.3) is 10.8 Å². The molecule has 2 aromatic carbocycles. The number of hydrogen-bond donors (Lipinski definition) is 1. The topological polar surface area (TPSA) is 54.4 Å². The van der Waals surface area contributed by atoms with Crippen LogP contribution in [0.4, 0.5) is 0 Å². The van der Waals surface area contributed by atoms with E-state index in [1.54, 1.807) is 12.1 Å². The van der Waals surface area contributed by atoms with Crippen molar-refractivity contribution in [1.82, 2.24) is 0 Å². The number of fused-ring (bicyclic) bond motifs is 1. The SMILES string of the molecule is CC(=O)c1ccc2cc(CC(=O)O)ccc2c1. The Morgan fingerprint density at radius 1 is 1.06 bits per heavy atom. The molecule has 86 valence electrons. The third-order valence-corrected chi connectivity index (χ3v) is 2.67. The lowest BCUT2D eigenvalue weighted by Crippen LogP contribution is -1.99. The average Bonchev–Trinajstić information content (AvgIpc) is 2.27. The van der Waals surface area contributed by atoms with E-state index in [2.05, 4.69) is 0 Å². The minimum absolute atomic E-state index is 0.0183. The second kappa shape index (κ2) is 4.37. The van der Waals surface area contributed by atoms with Crippen LogP contribution in [0.1, 0.15) is 22.8 Å². The fourth-order valence-corrected chi connectivity index (χ4v) is 1.80. The Kier molecular flexibility index (Phi) is 2.91. The molecule has 0 heterocycles. The fraction of sp³-hybridized carbons (Fsp3) is 0.143. The third-order valence-electron chi connectivity index (χ3n) is 2.67. The summed E-state index contributed by atoms with van der Waals surface area (Å²) in [6.45, 7) is 1.53. The minimum atomic E-state index is -0.843. The molecule has 0 aliphatic rings. The van der Waals surface area contributed by atoms with Gasteiger partial charge in [-0.2, -0.15) is 0 Å². The van der Waals surface area contributed by atoms with Gasteiger partial charge in [0.1, 0.15) is 0 Å². The molecule has 0 aliphatic heterocycles. The van der Waals surface area contributed by atoms with Gasteiger partial charge in [-0.1, -0.05) is 30.3 Å². The van der Waals surface area contributed by atoms with Crippen LogP contribution >= 0.6 is 0 Å². The number of carbonyl (C=O) groups is 2. The Morgan fingerprint density at radius 2 is 1.71 bits per heavy atom. The molecule has 0 amide bonds. The highest BCUT2D eigenvalue weighted by Gasteiger charge is 2.04. The summed E-state index contributed by atoms with van der Waals surface area (Å²) in [4.78, 5) is 21.8. The van der Waals surface area contributed by atoms with Crippen molar-refractivity contribution in [1.29, 1.82) is 0 Å². The molecule has 0 atom stereocenters. The van der Waals surface area contributed by atoms with Gasteiger partial charge in [-0.15, -0.1) is 0 Å². The van der Waals surface area contributed by atoms with Gasteiger partial charge in [0.2, 0.25) is 0 Å². The highest BCUT2D eigenvalue weighted by atomic mass is 16.4. The zero-order valence-corrected chi connectivity index (χ0v) is 9.43. The summed E-state index contributed by atoms with van der Waals surface area (Å²) in [5.41, 5.74) is 1.43. The van der Waals surface area contributed by atoms with Crippen molar-refractivity contribution in [2.75, 3.05) is 0 Å². The lowest BCUT2D eigenvalue weighted by atomic mass is 10.0. The summed E-state index contributed by atoms with van der Waals surface area (Å²) in [6, 6.07) is 10.9.